The minimum Gasteiger partial charge on any atom is -0.445 e. The summed E-state index contributed by atoms with van der Waals surface area (Å²) in [5, 5.41) is 12.1. The number of rotatable bonds is 14. The van der Waals surface area contributed by atoms with Crippen molar-refractivity contribution < 1.29 is 33.7 Å². The zero-order chi connectivity index (χ0) is 38.9. The second kappa shape index (κ2) is 18.3. The monoisotopic (exact) mass is 754 g/mol. The van der Waals surface area contributed by atoms with Crippen molar-refractivity contribution in [3.63, 3.8) is 0 Å². The molecular formula is C45H46N4O7. The van der Waals surface area contributed by atoms with Crippen LogP contribution in [-0.2, 0) is 50.0 Å². The molecule has 56 heavy (non-hydrogen) atoms. The summed E-state index contributed by atoms with van der Waals surface area (Å²) in [4.78, 5) is 46.4. The van der Waals surface area contributed by atoms with Crippen LogP contribution in [0.1, 0.15) is 58.7 Å². The molecular weight excluding hydrogens is 709 g/mol. The summed E-state index contributed by atoms with van der Waals surface area (Å²) in [6, 6.07) is 37.9. The van der Waals surface area contributed by atoms with Gasteiger partial charge in [-0.3, -0.25) is 19.5 Å². The van der Waals surface area contributed by atoms with Crippen molar-refractivity contribution in [2.75, 3.05) is 20.1 Å². The number of hydrogen-bond acceptors (Lipinski definition) is 9. The summed E-state index contributed by atoms with van der Waals surface area (Å²) in [5.74, 6) is -0.819. The maximum atomic E-state index is 13.2. The predicted octanol–water partition coefficient (Wildman–Crippen LogP) is 6.51. The van der Waals surface area contributed by atoms with Crippen molar-refractivity contribution in [2.45, 2.75) is 63.6 Å². The number of carbonyl (C=O) groups is 3. The molecule has 0 saturated carbocycles. The number of imide groups is 1. The number of likely N-dealkylation sites (tertiary alicyclic amines) is 1. The number of alkyl carbamates (subject to hydrolysis) is 1. The van der Waals surface area contributed by atoms with Crippen molar-refractivity contribution in [2.24, 2.45) is 0 Å². The van der Waals surface area contributed by atoms with Gasteiger partial charge in [0, 0.05) is 43.4 Å². The van der Waals surface area contributed by atoms with Crippen LogP contribution >= 0.6 is 0 Å². The number of carbonyl (C=O) groups excluding carboxylic acids is 3. The van der Waals surface area contributed by atoms with Crippen LogP contribution in [0, 0.1) is 0 Å². The van der Waals surface area contributed by atoms with Crippen LogP contribution in [0.5, 0.6) is 0 Å². The number of aromatic nitrogens is 1. The summed E-state index contributed by atoms with van der Waals surface area (Å²) in [6.07, 6.45) is 1.60. The lowest BCUT2D eigenvalue weighted by atomic mass is 9.99. The van der Waals surface area contributed by atoms with Crippen LogP contribution < -0.4 is 5.32 Å². The van der Waals surface area contributed by atoms with Gasteiger partial charge in [-0.05, 0) is 58.6 Å². The Balaban J connectivity index is 0.991. The van der Waals surface area contributed by atoms with Crippen molar-refractivity contribution in [3.05, 3.63) is 161 Å². The van der Waals surface area contributed by atoms with E-state index in [2.05, 4.69) is 22.2 Å². The van der Waals surface area contributed by atoms with Crippen LogP contribution in [0.25, 0.3) is 11.1 Å². The van der Waals surface area contributed by atoms with Gasteiger partial charge in [-0.25, -0.2) is 4.79 Å². The third-order valence-electron chi connectivity index (χ3n) is 10.1. The molecule has 0 aliphatic carbocycles. The highest BCUT2D eigenvalue weighted by Gasteiger charge is 2.40. The molecule has 0 radical (unpaired) electrons. The molecule has 0 spiro atoms. The quantitative estimate of drug-likeness (QED) is 0.122. The number of benzene rings is 4. The van der Waals surface area contributed by atoms with Crippen LogP contribution in [-0.4, -0.2) is 70.1 Å². The van der Waals surface area contributed by atoms with Gasteiger partial charge in [-0.2, -0.15) is 0 Å². The normalized spacial score (nSPS) is 19.7. The van der Waals surface area contributed by atoms with Gasteiger partial charge in [-0.1, -0.05) is 103 Å². The minimum absolute atomic E-state index is 0.0170. The van der Waals surface area contributed by atoms with E-state index in [1.807, 2.05) is 128 Å². The molecule has 5 aromatic rings. The third kappa shape index (κ3) is 9.92. The number of amides is 3. The molecule has 2 aliphatic heterocycles. The lowest BCUT2D eigenvalue weighted by Gasteiger charge is -2.38. The lowest BCUT2D eigenvalue weighted by molar-refractivity contribution is -0.252. The lowest BCUT2D eigenvalue weighted by Crippen LogP contribution is -2.41. The van der Waals surface area contributed by atoms with Gasteiger partial charge in [0.25, 0.3) is 5.91 Å². The predicted molar refractivity (Wildman–Crippen MR) is 209 cm³/mol. The number of hydrogen-bond donors (Lipinski definition) is 2. The van der Waals surface area contributed by atoms with E-state index in [1.54, 1.807) is 0 Å². The third-order valence-corrected chi connectivity index (χ3v) is 10.1. The fourth-order valence-corrected chi connectivity index (χ4v) is 7.06. The number of nitrogens with zero attached hydrogens (tertiary/aromatic N) is 3. The smallest absolute Gasteiger partial charge is 0.408 e. The van der Waals surface area contributed by atoms with Crippen LogP contribution in [0.2, 0.25) is 0 Å². The average Bonchev–Trinajstić information content (AvgIpc) is 3.49. The second-order valence-electron chi connectivity index (χ2n) is 14.3. The first-order valence-corrected chi connectivity index (χ1v) is 18.9. The summed E-state index contributed by atoms with van der Waals surface area (Å²) in [7, 11) is 2.10. The van der Waals surface area contributed by atoms with Gasteiger partial charge >= 0.3 is 6.09 Å². The highest BCUT2D eigenvalue weighted by Crippen LogP contribution is 2.38. The van der Waals surface area contributed by atoms with Crippen LogP contribution in [0.15, 0.2) is 128 Å². The zero-order valence-electron chi connectivity index (χ0n) is 31.3. The van der Waals surface area contributed by atoms with Crippen molar-refractivity contribution in [3.8, 4) is 11.1 Å². The maximum Gasteiger partial charge on any atom is 0.408 e. The molecule has 288 valence electrons. The van der Waals surface area contributed by atoms with E-state index in [-0.39, 0.29) is 44.3 Å². The number of ether oxygens (including phenoxy) is 3. The molecule has 4 aromatic carbocycles. The first-order valence-electron chi connectivity index (χ1n) is 18.9. The molecule has 0 bridgehead atoms. The Hall–Kier alpha value is -5.72. The van der Waals surface area contributed by atoms with Gasteiger partial charge in [-0.15, -0.1) is 0 Å². The first kappa shape index (κ1) is 38.6. The molecule has 2 aliphatic rings. The van der Waals surface area contributed by atoms with Crippen molar-refractivity contribution in [1.29, 1.82) is 0 Å². The molecule has 7 rings (SSSR count). The van der Waals surface area contributed by atoms with Gasteiger partial charge in [0.05, 0.1) is 31.8 Å². The van der Waals surface area contributed by atoms with Gasteiger partial charge in [0.2, 0.25) is 5.91 Å². The Bertz CT molecular complexity index is 2080. The maximum absolute atomic E-state index is 13.2. The molecule has 3 amide bonds. The van der Waals surface area contributed by atoms with Crippen LogP contribution in [0.3, 0.4) is 0 Å². The Labute approximate surface area is 326 Å². The molecule has 11 heteroatoms. The fraction of sp³-hybridized carbons (Fsp3) is 0.289. The van der Waals surface area contributed by atoms with E-state index in [0.29, 0.717) is 6.42 Å². The molecule has 4 atom stereocenters. The molecule has 1 aromatic heterocycles. The Morgan fingerprint density at radius 2 is 1.61 bits per heavy atom. The van der Waals surface area contributed by atoms with Gasteiger partial charge < -0.3 is 29.5 Å². The Morgan fingerprint density at radius 3 is 2.36 bits per heavy atom. The van der Waals surface area contributed by atoms with E-state index < -0.39 is 24.3 Å². The number of pyridine rings is 1. The molecule has 3 heterocycles. The molecule has 1 unspecified atom stereocenters. The standard InChI is InChI=1S/C45H46N4O7/c1-48(23-21-38-12-5-6-22-46-38)28-39-25-41(35-15-13-31(29-50)14-16-35)56-44(55-39)36-19-17-34(18-20-36)37-11-7-10-33(24-37)27-49-42(51)26-40(43(49)52)47-45(53)54-30-32-8-3-2-4-9-32/h2-20,22,24,39-41,44,50H,21,23,25-30H2,1H3,(H,47,53)/t39-,40?,41+,44+/m1/s1. The largest absolute Gasteiger partial charge is 0.445 e. The van der Waals surface area contributed by atoms with Crippen LogP contribution in [0.4, 0.5) is 4.79 Å². The van der Waals surface area contributed by atoms with Crippen molar-refractivity contribution in [1.82, 2.24) is 20.1 Å². The van der Waals surface area contributed by atoms with Crippen molar-refractivity contribution >= 4 is 17.9 Å². The summed E-state index contributed by atoms with van der Waals surface area (Å²) in [6.45, 7) is 1.69. The van der Waals surface area contributed by atoms with Gasteiger partial charge in [0.15, 0.2) is 6.29 Å². The van der Waals surface area contributed by atoms with E-state index in [4.69, 9.17) is 14.2 Å². The van der Waals surface area contributed by atoms with E-state index in [9.17, 15) is 19.5 Å². The van der Waals surface area contributed by atoms with E-state index >= 15 is 0 Å². The number of aliphatic hydroxyl groups excluding tert-OH is 1. The topological polar surface area (TPSA) is 131 Å². The SMILES string of the molecule is CN(CCc1ccccn1)C[C@H]1C[C@@H](c2ccc(CO)cc2)O[C@@H](c2ccc(-c3cccc(CN4C(=O)CC(NC(=O)OCc5ccccc5)C4=O)c3)cc2)O1. The molecule has 2 N–H and O–H groups in total. The minimum atomic E-state index is -0.975. The van der Waals surface area contributed by atoms with E-state index in [0.717, 1.165) is 64.1 Å². The van der Waals surface area contributed by atoms with Gasteiger partial charge in [0.1, 0.15) is 12.6 Å². The Morgan fingerprint density at radius 1 is 0.857 bits per heavy atom. The average molecular weight is 755 g/mol. The molecule has 2 saturated heterocycles. The van der Waals surface area contributed by atoms with E-state index in [1.165, 1.54) is 4.90 Å². The molecule has 2 fully saturated rings. The number of nitrogens with one attached hydrogen (secondary N) is 1. The zero-order valence-corrected chi connectivity index (χ0v) is 31.3. The molecule has 11 nitrogen and oxygen atoms in total. The first-order chi connectivity index (χ1) is 27.3. The summed E-state index contributed by atoms with van der Waals surface area (Å²) < 4.78 is 18.4. The highest BCUT2D eigenvalue weighted by molar-refractivity contribution is 6.06. The number of likely N-dealkylation sites (N-methyl/N-ethyl adjacent to an activating group) is 1. The fourth-order valence-electron chi connectivity index (χ4n) is 7.06. The number of aliphatic hydroxyl groups is 1. The second-order valence-corrected chi connectivity index (χ2v) is 14.3. The highest BCUT2D eigenvalue weighted by atomic mass is 16.7. The summed E-state index contributed by atoms with van der Waals surface area (Å²) in [5.41, 5.74) is 7.29. The Kier molecular flexibility index (Phi) is 12.6. The summed E-state index contributed by atoms with van der Waals surface area (Å²) >= 11 is 0.